The van der Waals surface area contributed by atoms with Crippen molar-refractivity contribution in [2.45, 2.75) is 13.3 Å². The average molecular weight is 318 g/mol. The lowest BCUT2D eigenvalue weighted by Crippen LogP contribution is -2.17. The number of ketones is 1. The molecule has 3 nitrogen and oxygen atoms in total. The quantitative estimate of drug-likeness (QED) is 0.677. The van der Waals surface area contributed by atoms with E-state index in [4.69, 9.17) is 17.3 Å². The van der Waals surface area contributed by atoms with E-state index in [1.54, 1.807) is 6.08 Å². The smallest absolute Gasteiger partial charge is 0.304 e. The van der Waals surface area contributed by atoms with Crippen LogP contribution in [0.3, 0.4) is 0 Å². The number of thiocarbonyl (C=S) groups is 1. The van der Waals surface area contributed by atoms with Crippen LogP contribution in [0, 0.1) is 5.92 Å². The van der Waals surface area contributed by atoms with Gasteiger partial charge in [0.25, 0.3) is 0 Å². The van der Waals surface area contributed by atoms with Crippen LogP contribution in [0.15, 0.2) is 46.9 Å². The van der Waals surface area contributed by atoms with Crippen molar-refractivity contribution in [1.29, 1.82) is 0 Å². The van der Waals surface area contributed by atoms with E-state index in [2.05, 4.69) is 0 Å². The van der Waals surface area contributed by atoms with Gasteiger partial charge in [0.05, 0.1) is 21.4 Å². The van der Waals surface area contributed by atoms with Gasteiger partial charge in [0.15, 0.2) is 5.78 Å². The SMILES string of the molecule is CC(/C=C1\SC(=S)C(CC(=O)O)C1=O)=C\c1ccccc1. The van der Waals surface area contributed by atoms with Gasteiger partial charge in [0.2, 0.25) is 0 Å². The van der Waals surface area contributed by atoms with Crippen LogP contribution in [0.1, 0.15) is 18.9 Å². The van der Waals surface area contributed by atoms with E-state index in [0.717, 1.165) is 11.1 Å². The zero-order valence-electron chi connectivity index (χ0n) is 11.4. The Morgan fingerprint density at radius 2 is 2.05 bits per heavy atom. The Hall–Kier alpha value is -1.72. The summed E-state index contributed by atoms with van der Waals surface area (Å²) in [7, 11) is 0. The minimum absolute atomic E-state index is 0.187. The molecule has 1 N–H and O–H groups in total. The highest BCUT2D eigenvalue weighted by atomic mass is 32.2. The van der Waals surface area contributed by atoms with Crippen molar-refractivity contribution >= 4 is 46.0 Å². The molecule has 2 rings (SSSR count). The Morgan fingerprint density at radius 1 is 1.38 bits per heavy atom. The first-order chi connectivity index (χ1) is 9.97. The van der Waals surface area contributed by atoms with Gasteiger partial charge in [0.1, 0.15) is 0 Å². The molecule has 1 unspecified atom stereocenters. The zero-order valence-corrected chi connectivity index (χ0v) is 13.0. The van der Waals surface area contributed by atoms with Crippen molar-refractivity contribution in [3.05, 3.63) is 52.4 Å². The number of carboxylic acids is 1. The van der Waals surface area contributed by atoms with Crippen LogP contribution in [-0.2, 0) is 9.59 Å². The Morgan fingerprint density at radius 3 is 2.67 bits per heavy atom. The summed E-state index contributed by atoms with van der Waals surface area (Å²) < 4.78 is 0.446. The van der Waals surface area contributed by atoms with Crippen molar-refractivity contribution in [2.75, 3.05) is 0 Å². The molecule has 108 valence electrons. The van der Waals surface area contributed by atoms with Gasteiger partial charge in [0, 0.05) is 0 Å². The summed E-state index contributed by atoms with van der Waals surface area (Å²) in [4.78, 5) is 23.5. The fourth-order valence-corrected chi connectivity index (χ4v) is 3.52. The van der Waals surface area contributed by atoms with Gasteiger partial charge in [-0.25, -0.2) is 0 Å². The van der Waals surface area contributed by atoms with Crippen molar-refractivity contribution in [3.63, 3.8) is 0 Å². The van der Waals surface area contributed by atoms with E-state index in [1.165, 1.54) is 11.8 Å². The normalized spacial score (nSPS) is 21.1. The Labute approximate surface area is 132 Å². The summed E-state index contributed by atoms with van der Waals surface area (Å²) in [6.45, 7) is 1.90. The predicted molar refractivity (Wildman–Crippen MR) is 89.1 cm³/mol. The second kappa shape index (κ2) is 6.83. The van der Waals surface area contributed by atoms with Crippen molar-refractivity contribution in [1.82, 2.24) is 0 Å². The number of carboxylic acid groups (broad SMARTS) is 1. The number of rotatable bonds is 4. The first-order valence-electron chi connectivity index (χ1n) is 6.40. The van der Waals surface area contributed by atoms with Gasteiger partial charge in [-0.1, -0.05) is 60.4 Å². The van der Waals surface area contributed by atoms with Crippen molar-refractivity contribution in [2.24, 2.45) is 5.92 Å². The highest BCUT2D eigenvalue weighted by Crippen LogP contribution is 2.37. The summed E-state index contributed by atoms with van der Waals surface area (Å²) in [6.07, 6.45) is 3.51. The van der Waals surface area contributed by atoms with E-state index in [-0.39, 0.29) is 12.2 Å². The number of aliphatic carboxylic acids is 1. The largest absolute Gasteiger partial charge is 0.481 e. The number of thioether (sulfide) groups is 1. The highest BCUT2D eigenvalue weighted by molar-refractivity contribution is 8.27. The fraction of sp³-hybridized carbons (Fsp3) is 0.188. The van der Waals surface area contributed by atoms with Gasteiger partial charge >= 0.3 is 5.97 Å². The minimum Gasteiger partial charge on any atom is -0.481 e. The molecular weight excluding hydrogens is 304 g/mol. The second-order valence-corrected chi connectivity index (χ2v) is 6.53. The lowest BCUT2D eigenvalue weighted by atomic mass is 10.0. The first-order valence-corrected chi connectivity index (χ1v) is 7.62. The number of allylic oxidation sites excluding steroid dienone is 3. The van der Waals surface area contributed by atoms with Crippen LogP contribution < -0.4 is 0 Å². The van der Waals surface area contributed by atoms with Crippen LogP contribution in [0.4, 0.5) is 0 Å². The topological polar surface area (TPSA) is 54.4 Å². The molecule has 21 heavy (non-hydrogen) atoms. The van der Waals surface area contributed by atoms with Gasteiger partial charge in [-0.2, -0.15) is 0 Å². The molecule has 0 aromatic heterocycles. The molecular formula is C16H14O3S2. The molecule has 0 bridgehead atoms. The molecule has 1 aliphatic heterocycles. The number of carbonyl (C=O) groups is 2. The Balaban J connectivity index is 2.18. The zero-order chi connectivity index (χ0) is 15.4. The van der Waals surface area contributed by atoms with Crippen LogP contribution in [0.5, 0.6) is 0 Å². The Kier molecular flexibility index (Phi) is 5.09. The third kappa shape index (κ3) is 4.12. The highest BCUT2D eigenvalue weighted by Gasteiger charge is 2.36. The molecule has 5 heteroatoms. The maximum Gasteiger partial charge on any atom is 0.304 e. The molecule has 1 heterocycles. The molecule has 0 saturated carbocycles. The van der Waals surface area contributed by atoms with Crippen LogP contribution in [-0.4, -0.2) is 21.1 Å². The van der Waals surface area contributed by atoms with Crippen LogP contribution in [0.25, 0.3) is 6.08 Å². The minimum atomic E-state index is -1.01. The maximum atomic E-state index is 12.2. The monoisotopic (exact) mass is 318 g/mol. The second-order valence-electron chi connectivity index (χ2n) is 4.74. The number of carbonyl (C=O) groups excluding carboxylic acids is 1. The van der Waals surface area contributed by atoms with Crippen LogP contribution >= 0.6 is 24.0 Å². The maximum absolute atomic E-state index is 12.2. The van der Waals surface area contributed by atoms with E-state index in [9.17, 15) is 9.59 Å². The van der Waals surface area contributed by atoms with Crippen molar-refractivity contribution < 1.29 is 14.7 Å². The Bertz CT molecular complexity index is 645. The molecule has 1 aliphatic rings. The lowest BCUT2D eigenvalue weighted by Gasteiger charge is -2.01. The third-order valence-corrected chi connectivity index (χ3v) is 4.54. The number of Topliss-reactive ketones (excluding diaryl/α,β-unsaturated/α-hetero) is 1. The summed E-state index contributed by atoms with van der Waals surface area (Å²) in [5, 5.41) is 8.82. The number of hydrogen-bond acceptors (Lipinski definition) is 4. The first kappa shape index (κ1) is 15.7. The summed E-state index contributed by atoms with van der Waals surface area (Å²) >= 11 is 6.32. The standard InChI is InChI=1S/C16H14O3S2/c1-10(7-11-5-3-2-4-6-11)8-13-15(19)12(9-14(17)18)16(20)21-13/h2-8,12H,9H2,1H3,(H,17,18)/b10-7+,13-8-. The van der Waals surface area contributed by atoms with Gasteiger partial charge < -0.3 is 5.11 Å². The molecule has 1 atom stereocenters. The molecule has 0 amide bonds. The van der Waals surface area contributed by atoms with Gasteiger partial charge in [-0.3, -0.25) is 9.59 Å². The summed E-state index contributed by atoms with van der Waals surface area (Å²) in [5.74, 6) is -1.87. The van der Waals surface area contributed by atoms with E-state index in [1.807, 2.05) is 43.3 Å². The molecule has 0 aliphatic carbocycles. The van der Waals surface area contributed by atoms with E-state index < -0.39 is 11.9 Å². The predicted octanol–water partition coefficient (Wildman–Crippen LogP) is 3.71. The van der Waals surface area contributed by atoms with Crippen LogP contribution in [0.2, 0.25) is 0 Å². The molecule has 1 saturated heterocycles. The molecule has 0 radical (unpaired) electrons. The summed E-state index contributed by atoms with van der Waals surface area (Å²) in [6, 6.07) is 9.78. The number of benzene rings is 1. The van der Waals surface area contributed by atoms with E-state index in [0.29, 0.717) is 9.10 Å². The summed E-state index contributed by atoms with van der Waals surface area (Å²) in [5.41, 5.74) is 1.97. The number of hydrogen-bond donors (Lipinski definition) is 1. The fourth-order valence-electron chi connectivity index (χ4n) is 2.02. The molecule has 1 aromatic rings. The third-order valence-electron chi connectivity index (χ3n) is 2.99. The molecule has 1 fully saturated rings. The van der Waals surface area contributed by atoms with Gasteiger partial charge in [-0.05, 0) is 24.1 Å². The molecule has 1 aromatic carbocycles. The van der Waals surface area contributed by atoms with Crippen molar-refractivity contribution in [3.8, 4) is 0 Å². The van der Waals surface area contributed by atoms with E-state index >= 15 is 0 Å². The van der Waals surface area contributed by atoms with Gasteiger partial charge in [-0.15, -0.1) is 0 Å². The average Bonchev–Trinajstić information content (AvgIpc) is 2.67. The lowest BCUT2D eigenvalue weighted by molar-refractivity contribution is -0.139. The molecule has 0 spiro atoms.